The van der Waals surface area contributed by atoms with Crippen LogP contribution in [0.3, 0.4) is 0 Å². The van der Waals surface area contributed by atoms with Crippen molar-refractivity contribution in [1.29, 1.82) is 0 Å². The van der Waals surface area contributed by atoms with Crippen LogP contribution in [0.1, 0.15) is 59.1 Å². The molecule has 1 unspecified atom stereocenters. The van der Waals surface area contributed by atoms with E-state index in [-0.39, 0.29) is 11.5 Å². The highest BCUT2D eigenvalue weighted by Gasteiger charge is 2.15. The fourth-order valence-corrected chi connectivity index (χ4v) is 1.80. The van der Waals surface area contributed by atoms with Crippen LogP contribution in [0.2, 0.25) is 0 Å². The van der Waals surface area contributed by atoms with Crippen LogP contribution in [0, 0.1) is 5.41 Å². The minimum atomic E-state index is -0.403. The molecule has 0 aliphatic carbocycles. The predicted molar refractivity (Wildman–Crippen MR) is 75.9 cm³/mol. The number of ether oxygens (including phenoxy) is 1. The molecule has 102 valence electrons. The lowest BCUT2D eigenvalue weighted by molar-refractivity contribution is 0.147. The van der Waals surface area contributed by atoms with Gasteiger partial charge in [-0.05, 0) is 49.8 Å². The van der Waals surface area contributed by atoms with Crippen molar-refractivity contribution in [2.75, 3.05) is 0 Å². The summed E-state index contributed by atoms with van der Waals surface area (Å²) in [6.45, 7) is 10.6. The van der Waals surface area contributed by atoms with Crippen LogP contribution < -0.4 is 4.74 Å². The Morgan fingerprint density at radius 3 is 2.44 bits per heavy atom. The van der Waals surface area contributed by atoms with E-state index in [2.05, 4.69) is 20.8 Å². The molecule has 0 aliphatic rings. The molecular formula is C16H26O2. The van der Waals surface area contributed by atoms with Crippen LogP contribution in [0.4, 0.5) is 0 Å². The van der Waals surface area contributed by atoms with Crippen LogP contribution in [-0.2, 0) is 0 Å². The van der Waals surface area contributed by atoms with Crippen LogP contribution in [-0.4, -0.2) is 11.2 Å². The van der Waals surface area contributed by atoms with Crippen molar-refractivity contribution in [2.45, 2.75) is 59.7 Å². The zero-order valence-corrected chi connectivity index (χ0v) is 12.2. The number of benzene rings is 1. The summed E-state index contributed by atoms with van der Waals surface area (Å²) in [5.41, 5.74) is 1.20. The number of rotatable bonds is 5. The van der Waals surface area contributed by atoms with Crippen LogP contribution in [0.25, 0.3) is 0 Å². The Balaban J connectivity index is 2.65. The molecule has 1 aromatic rings. The van der Waals surface area contributed by atoms with Crippen LogP contribution >= 0.6 is 0 Å². The third kappa shape index (κ3) is 5.54. The fourth-order valence-electron chi connectivity index (χ4n) is 1.80. The van der Waals surface area contributed by atoms with E-state index in [1.807, 2.05) is 38.1 Å². The van der Waals surface area contributed by atoms with E-state index in [0.717, 1.165) is 24.2 Å². The van der Waals surface area contributed by atoms with Gasteiger partial charge < -0.3 is 9.84 Å². The largest absolute Gasteiger partial charge is 0.491 e. The molecule has 0 radical (unpaired) electrons. The van der Waals surface area contributed by atoms with Gasteiger partial charge in [-0.3, -0.25) is 0 Å². The van der Waals surface area contributed by atoms with Gasteiger partial charge in [0.15, 0.2) is 0 Å². The van der Waals surface area contributed by atoms with E-state index in [9.17, 15) is 5.11 Å². The normalized spacial score (nSPS) is 13.7. The first-order valence-corrected chi connectivity index (χ1v) is 6.72. The smallest absolute Gasteiger partial charge is 0.120 e. The van der Waals surface area contributed by atoms with Crippen LogP contribution in [0.15, 0.2) is 24.3 Å². The lowest BCUT2D eigenvalue weighted by Crippen LogP contribution is -2.09. The molecule has 0 saturated heterocycles. The quantitative estimate of drug-likeness (QED) is 0.842. The third-order valence-electron chi connectivity index (χ3n) is 2.78. The Morgan fingerprint density at radius 2 is 1.89 bits per heavy atom. The number of aliphatic hydroxyl groups is 1. The molecule has 18 heavy (non-hydrogen) atoms. The van der Waals surface area contributed by atoms with Crippen molar-refractivity contribution in [3.05, 3.63) is 29.8 Å². The summed E-state index contributed by atoms with van der Waals surface area (Å²) in [6, 6.07) is 7.77. The van der Waals surface area contributed by atoms with Gasteiger partial charge in [-0.15, -0.1) is 0 Å². The Bertz CT molecular complexity index is 364. The molecule has 0 saturated carbocycles. The first kappa shape index (κ1) is 15.0. The first-order valence-electron chi connectivity index (χ1n) is 6.72. The van der Waals surface area contributed by atoms with Crippen LogP contribution in [0.5, 0.6) is 5.75 Å². The maximum atomic E-state index is 10.2. The molecule has 0 bridgehead atoms. The lowest BCUT2D eigenvalue weighted by atomic mass is 9.88. The average Bonchev–Trinajstić information content (AvgIpc) is 2.24. The first-order chi connectivity index (χ1) is 8.28. The van der Waals surface area contributed by atoms with E-state index < -0.39 is 6.10 Å². The molecule has 1 N–H and O–H groups in total. The van der Waals surface area contributed by atoms with Gasteiger partial charge in [-0.25, -0.2) is 0 Å². The Labute approximate surface area is 111 Å². The Hall–Kier alpha value is -1.02. The van der Waals surface area contributed by atoms with Gasteiger partial charge in [-0.2, -0.15) is 0 Å². The van der Waals surface area contributed by atoms with Crippen molar-refractivity contribution < 1.29 is 9.84 Å². The predicted octanol–water partition coefficient (Wildman–Crippen LogP) is 4.33. The molecule has 1 rings (SSSR count). The number of hydrogen-bond acceptors (Lipinski definition) is 2. The highest BCUT2D eigenvalue weighted by Crippen LogP contribution is 2.28. The van der Waals surface area contributed by atoms with Gasteiger partial charge in [0.25, 0.3) is 0 Å². The molecule has 0 fully saturated rings. The van der Waals surface area contributed by atoms with Gasteiger partial charge >= 0.3 is 0 Å². The molecule has 0 heterocycles. The fraction of sp³-hybridized carbons (Fsp3) is 0.625. The molecule has 1 atom stereocenters. The lowest BCUT2D eigenvalue weighted by Gasteiger charge is -2.21. The van der Waals surface area contributed by atoms with Crippen molar-refractivity contribution in [3.63, 3.8) is 0 Å². The molecule has 0 aromatic heterocycles. The second kappa shape index (κ2) is 6.24. The molecule has 0 amide bonds. The second-order valence-electron chi connectivity index (χ2n) is 6.35. The summed E-state index contributed by atoms with van der Waals surface area (Å²) < 4.78 is 5.64. The minimum absolute atomic E-state index is 0.159. The minimum Gasteiger partial charge on any atom is -0.491 e. The summed E-state index contributed by atoms with van der Waals surface area (Å²) in [4.78, 5) is 0. The number of hydrogen-bond donors (Lipinski definition) is 1. The van der Waals surface area contributed by atoms with Gasteiger partial charge in [0.2, 0.25) is 0 Å². The maximum absolute atomic E-state index is 10.2. The molecule has 1 aromatic carbocycles. The summed E-state index contributed by atoms with van der Waals surface area (Å²) in [5, 5.41) is 10.2. The zero-order chi connectivity index (χ0) is 13.8. The van der Waals surface area contributed by atoms with Crippen molar-refractivity contribution in [1.82, 2.24) is 0 Å². The Morgan fingerprint density at radius 1 is 1.22 bits per heavy atom. The Kier molecular flexibility index (Phi) is 5.21. The highest BCUT2D eigenvalue weighted by molar-refractivity contribution is 5.30. The van der Waals surface area contributed by atoms with E-state index >= 15 is 0 Å². The summed E-state index contributed by atoms with van der Waals surface area (Å²) in [6.07, 6.45) is 1.55. The third-order valence-corrected chi connectivity index (χ3v) is 2.78. The van der Waals surface area contributed by atoms with Gasteiger partial charge in [-0.1, -0.05) is 32.9 Å². The molecule has 2 heteroatoms. The highest BCUT2D eigenvalue weighted by atomic mass is 16.5. The van der Waals surface area contributed by atoms with Gasteiger partial charge in [0, 0.05) is 0 Å². The van der Waals surface area contributed by atoms with Crippen molar-refractivity contribution in [3.8, 4) is 5.75 Å². The topological polar surface area (TPSA) is 29.5 Å². The van der Waals surface area contributed by atoms with Crippen molar-refractivity contribution >= 4 is 0 Å². The standard InChI is InChI=1S/C16H26O2/c1-12(2)18-14-8-6-7-13(11-14)15(17)9-10-16(3,4)5/h6-8,11-12,15,17H,9-10H2,1-5H3. The molecule has 0 spiro atoms. The van der Waals surface area contributed by atoms with E-state index in [1.54, 1.807) is 0 Å². The van der Waals surface area contributed by atoms with Gasteiger partial charge in [0.05, 0.1) is 12.2 Å². The monoisotopic (exact) mass is 250 g/mol. The summed E-state index contributed by atoms with van der Waals surface area (Å²) in [5.74, 6) is 0.831. The van der Waals surface area contributed by atoms with E-state index in [4.69, 9.17) is 4.74 Å². The average molecular weight is 250 g/mol. The zero-order valence-electron chi connectivity index (χ0n) is 12.2. The maximum Gasteiger partial charge on any atom is 0.120 e. The molecular weight excluding hydrogens is 224 g/mol. The summed E-state index contributed by atoms with van der Waals surface area (Å²) >= 11 is 0. The molecule has 2 nitrogen and oxygen atoms in total. The van der Waals surface area contributed by atoms with Gasteiger partial charge in [0.1, 0.15) is 5.75 Å². The molecule has 0 aliphatic heterocycles. The van der Waals surface area contributed by atoms with Crippen molar-refractivity contribution in [2.24, 2.45) is 5.41 Å². The van der Waals surface area contributed by atoms with E-state index in [1.165, 1.54) is 0 Å². The second-order valence-corrected chi connectivity index (χ2v) is 6.35. The summed E-state index contributed by atoms with van der Waals surface area (Å²) in [7, 11) is 0. The number of aliphatic hydroxyl groups excluding tert-OH is 1. The SMILES string of the molecule is CC(C)Oc1cccc(C(O)CCC(C)(C)C)c1. The van der Waals surface area contributed by atoms with E-state index in [0.29, 0.717) is 0 Å².